The lowest BCUT2D eigenvalue weighted by Crippen LogP contribution is -2.21. The Hall–Kier alpha value is -2.87. The van der Waals surface area contributed by atoms with Gasteiger partial charge in [0.15, 0.2) is 0 Å². The third-order valence-corrected chi connectivity index (χ3v) is 6.55. The maximum Gasteiger partial charge on any atom is 0.240 e. The number of hydrogen-bond acceptors (Lipinski definition) is 4. The summed E-state index contributed by atoms with van der Waals surface area (Å²) in [6.45, 7) is 4.25. The van der Waals surface area contributed by atoms with Crippen LogP contribution in [-0.2, 0) is 16.2 Å². The SMILES string of the molecule is Cc1cccc(NC(=O)CCC(=O)NN=Cc2ccc(OCc3ccc(Cl)c(Cl)c3)c(Br)c2)c1C. The van der Waals surface area contributed by atoms with E-state index in [1.54, 1.807) is 18.2 Å². The van der Waals surface area contributed by atoms with Crippen molar-refractivity contribution in [1.29, 1.82) is 0 Å². The fourth-order valence-electron chi connectivity index (χ4n) is 3.07. The Morgan fingerprint density at radius 1 is 1.00 bits per heavy atom. The number of hydrazone groups is 1. The van der Waals surface area contributed by atoms with Crippen LogP contribution in [0.25, 0.3) is 0 Å². The van der Waals surface area contributed by atoms with Crippen molar-refractivity contribution in [3.05, 3.63) is 91.4 Å². The van der Waals surface area contributed by atoms with Gasteiger partial charge >= 0.3 is 0 Å². The summed E-state index contributed by atoms with van der Waals surface area (Å²) in [4.78, 5) is 24.2. The number of nitrogens with zero attached hydrogens (tertiary/aromatic N) is 1. The first kappa shape index (κ1) is 26.7. The Morgan fingerprint density at radius 3 is 2.51 bits per heavy atom. The molecule has 2 N–H and O–H groups in total. The summed E-state index contributed by atoms with van der Waals surface area (Å²) in [6.07, 6.45) is 1.60. The average Bonchev–Trinajstić information content (AvgIpc) is 2.82. The molecule has 0 aromatic heterocycles. The zero-order valence-corrected chi connectivity index (χ0v) is 22.3. The molecule has 0 fully saturated rings. The van der Waals surface area contributed by atoms with Crippen molar-refractivity contribution in [3.8, 4) is 5.75 Å². The lowest BCUT2D eigenvalue weighted by atomic mass is 10.1. The van der Waals surface area contributed by atoms with Crippen LogP contribution in [-0.4, -0.2) is 18.0 Å². The number of nitrogens with one attached hydrogen (secondary N) is 2. The largest absolute Gasteiger partial charge is 0.488 e. The summed E-state index contributed by atoms with van der Waals surface area (Å²) < 4.78 is 6.56. The van der Waals surface area contributed by atoms with E-state index in [-0.39, 0.29) is 24.7 Å². The summed E-state index contributed by atoms with van der Waals surface area (Å²) in [5.41, 5.74) is 6.94. The van der Waals surface area contributed by atoms with Crippen molar-refractivity contribution < 1.29 is 14.3 Å². The second kappa shape index (κ2) is 12.7. The first-order valence-corrected chi connectivity index (χ1v) is 12.3. The number of benzene rings is 3. The van der Waals surface area contributed by atoms with Gasteiger partial charge in [-0.05, 0) is 88.4 Å². The number of anilines is 1. The van der Waals surface area contributed by atoms with E-state index >= 15 is 0 Å². The van der Waals surface area contributed by atoms with E-state index < -0.39 is 0 Å². The van der Waals surface area contributed by atoms with Gasteiger partial charge in [-0.25, -0.2) is 5.43 Å². The van der Waals surface area contributed by atoms with Gasteiger partial charge in [-0.1, -0.05) is 41.4 Å². The number of aryl methyl sites for hydroxylation is 1. The molecule has 0 atom stereocenters. The molecule has 182 valence electrons. The van der Waals surface area contributed by atoms with E-state index in [1.807, 2.05) is 50.2 Å². The van der Waals surface area contributed by atoms with Crippen molar-refractivity contribution in [2.24, 2.45) is 5.10 Å². The Balaban J connectivity index is 1.45. The van der Waals surface area contributed by atoms with E-state index in [2.05, 4.69) is 31.8 Å². The van der Waals surface area contributed by atoms with Crippen LogP contribution in [0.5, 0.6) is 5.75 Å². The van der Waals surface area contributed by atoms with Gasteiger partial charge in [0.25, 0.3) is 0 Å². The number of hydrogen-bond donors (Lipinski definition) is 2. The zero-order chi connectivity index (χ0) is 25.4. The Labute approximate surface area is 222 Å². The van der Waals surface area contributed by atoms with Crippen molar-refractivity contribution in [2.45, 2.75) is 33.3 Å². The van der Waals surface area contributed by atoms with Crippen LogP contribution in [0.2, 0.25) is 10.0 Å². The highest BCUT2D eigenvalue weighted by Crippen LogP contribution is 2.28. The molecule has 0 saturated carbocycles. The molecule has 3 rings (SSSR count). The molecule has 0 aliphatic heterocycles. The molecular formula is C26H24BrCl2N3O3. The van der Waals surface area contributed by atoms with Gasteiger partial charge in [-0.15, -0.1) is 0 Å². The molecule has 3 aromatic carbocycles. The van der Waals surface area contributed by atoms with Crippen molar-refractivity contribution in [1.82, 2.24) is 5.43 Å². The molecule has 0 radical (unpaired) electrons. The molecule has 0 bridgehead atoms. The van der Waals surface area contributed by atoms with E-state index in [9.17, 15) is 9.59 Å². The van der Waals surface area contributed by atoms with Crippen LogP contribution in [0.15, 0.2) is 64.2 Å². The van der Waals surface area contributed by atoms with E-state index in [1.165, 1.54) is 6.21 Å². The van der Waals surface area contributed by atoms with E-state index in [0.717, 1.165) is 32.4 Å². The zero-order valence-electron chi connectivity index (χ0n) is 19.2. The molecule has 9 heteroatoms. The highest BCUT2D eigenvalue weighted by atomic mass is 79.9. The molecular weight excluding hydrogens is 553 g/mol. The molecule has 0 aliphatic rings. The number of rotatable bonds is 9. The van der Waals surface area contributed by atoms with Crippen LogP contribution >= 0.6 is 39.1 Å². The lowest BCUT2D eigenvalue weighted by molar-refractivity contribution is -0.124. The minimum absolute atomic E-state index is 0.0270. The fourth-order valence-corrected chi connectivity index (χ4v) is 3.90. The number of amides is 2. The molecule has 35 heavy (non-hydrogen) atoms. The minimum atomic E-state index is -0.349. The van der Waals surface area contributed by atoms with Gasteiger partial charge in [-0.2, -0.15) is 5.10 Å². The molecule has 3 aromatic rings. The Bertz CT molecular complexity index is 1260. The summed E-state index contributed by atoms with van der Waals surface area (Å²) in [5.74, 6) is 0.0725. The Morgan fingerprint density at radius 2 is 1.77 bits per heavy atom. The number of halogens is 3. The molecule has 0 saturated heterocycles. The highest BCUT2D eigenvalue weighted by molar-refractivity contribution is 9.10. The summed E-state index contributed by atoms with van der Waals surface area (Å²) >= 11 is 15.5. The van der Waals surface area contributed by atoms with Gasteiger partial charge in [0.1, 0.15) is 12.4 Å². The minimum Gasteiger partial charge on any atom is -0.488 e. The lowest BCUT2D eigenvalue weighted by Gasteiger charge is -2.10. The quantitative estimate of drug-likeness (QED) is 0.217. The van der Waals surface area contributed by atoms with Gasteiger partial charge < -0.3 is 10.1 Å². The smallest absolute Gasteiger partial charge is 0.240 e. The predicted molar refractivity (Wildman–Crippen MR) is 144 cm³/mol. The number of carbonyl (C=O) groups excluding carboxylic acids is 2. The predicted octanol–water partition coefficient (Wildman–Crippen LogP) is 6.82. The second-order valence-electron chi connectivity index (χ2n) is 7.82. The molecule has 2 amide bonds. The van der Waals surface area contributed by atoms with Crippen molar-refractivity contribution >= 4 is 62.8 Å². The fraction of sp³-hybridized carbons (Fsp3) is 0.192. The topological polar surface area (TPSA) is 79.8 Å². The monoisotopic (exact) mass is 575 g/mol. The average molecular weight is 577 g/mol. The summed E-state index contributed by atoms with van der Waals surface area (Å²) in [5, 5.41) is 7.77. The first-order chi connectivity index (χ1) is 16.7. The summed E-state index contributed by atoms with van der Waals surface area (Å²) in [7, 11) is 0. The van der Waals surface area contributed by atoms with Crippen LogP contribution in [0.3, 0.4) is 0 Å². The van der Waals surface area contributed by atoms with Gasteiger partial charge in [0.2, 0.25) is 11.8 Å². The molecule has 0 heterocycles. The maximum atomic E-state index is 12.2. The van der Waals surface area contributed by atoms with Crippen LogP contribution < -0.4 is 15.5 Å². The number of carbonyl (C=O) groups is 2. The van der Waals surface area contributed by atoms with Crippen molar-refractivity contribution in [3.63, 3.8) is 0 Å². The van der Waals surface area contributed by atoms with Crippen LogP contribution in [0, 0.1) is 13.8 Å². The third-order valence-electron chi connectivity index (χ3n) is 5.19. The maximum absolute atomic E-state index is 12.2. The number of ether oxygens (including phenoxy) is 1. The first-order valence-electron chi connectivity index (χ1n) is 10.8. The standard InChI is InChI=1S/C26H24BrCl2N3O3/c1-16-4-3-5-23(17(16)2)31-25(33)10-11-26(34)32-30-14-18-7-9-24(20(27)12-18)35-15-19-6-8-21(28)22(29)13-19/h3-9,12-14H,10-11,15H2,1-2H3,(H,31,33)(H,32,34). The highest BCUT2D eigenvalue weighted by Gasteiger charge is 2.09. The Kier molecular flexibility index (Phi) is 9.72. The molecule has 0 spiro atoms. The molecule has 6 nitrogen and oxygen atoms in total. The van der Waals surface area contributed by atoms with Gasteiger partial charge in [0.05, 0.1) is 20.7 Å². The summed E-state index contributed by atoms with van der Waals surface area (Å²) in [6, 6.07) is 16.4. The van der Waals surface area contributed by atoms with Crippen LogP contribution in [0.4, 0.5) is 5.69 Å². The molecule has 0 aliphatic carbocycles. The third kappa shape index (κ3) is 8.09. The van der Waals surface area contributed by atoms with Crippen LogP contribution in [0.1, 0.15) is 35.1 Å². The van der Waals surface area contributed by atoms with E-state index in [0.29, 0.717) is 22.4 Å². The molecule has 0 unspecified atom stereocenters. The second-order valence-corrected chi connectivity index (χ2v) is 9.48. The normalized spacial score (nSPS) is 10.9. The van der Waals surface area contributed by atoms with Gasteiger partial charge in [0, 0.05) is 18.5 Å². The van der Waals surface area contributed by atoms with E-state index in [4.69, 9.17) is 27.9 Å². The van der Waals surface area contributed by atoms with Gasteiger partial charge in [-0.3, -0.25) is 9.59 Å². The van der Waals surface area contributed by atoms with Crippen molar-refractivity contribution in [2.75, 3.05) is 5.32 Å².